The largest absolute Gasteiger partial charge is 0.494 e. The van der Waals surface area contributed by atoms with Crippen LogP contribution in [-0.2, 0) is 19.7 Å². The van der Waals surface area contributed by atoms with Gasteiger partial charge in [0.2, 0.25) is 5.91 Å². The van der Waals surface area contributed by atoms with E-state index in [0.717, 1.165) is 24.2 Å². The molecular weight excluding hydrogens is 396 g/mol. The van der Waals surface area contributed by atoms with Crippen LogP contribution in [0.1, 0.15) is 25.3 Å². The second-order valence-electron chi connectivity index (χ2n) is 7.51. The summed E-state index contributed by atoms with van der Waals surface area (Å²) in [5.41, 5.74) is 0.957. The van der Waals surface area contributed by atoms with Crippen LogP contribution in [0, 0.1) is 0 Å². The fraction of sp³-hybridized carbons (Fsp3) is 0.417. The Labute approximate surface area is 183 Å². The molecule has 0 aliphatic carbocycles. The van der Waals surface area contributed by atoms with Crippen molar-refractivity contribution >= 4 is 11.8 Å². The maximum absolute atomic E-state index is 12.4. The van der Waals surface area contributed by atoms with Gasteiger partial charge in [-0.05, 0) is 49.6 Å². The van der Waals surface area contributed by atoms with Crippen LogP contribution >= 0.6 is 0 Å². The Hall–Kier alpha value is -3.06. The van der Waals surface area contributed by atoms with Crippen LogP contribution < -0.4 is 20.1 Å². The summed E-state index contributed by atoms with van der Waals surface area (Å²) in [5, 5.41) is 5.58. The van der Waals surface area contributed by atoms with Crippen LogP contribution in [0.25, 0.3) is 0 Å². The van der Waals surface area contributed by atoms with Crippen molar-refractivity contribution in [1.82, 2.24) is 10.6 Å². The summed E-state index contributed by atoms with van der Waals surface area (Å²) in [6, 6.07) is 17.1. The number of hydrogen-bond donors (Lipinski definition) is 2. The Morgan fingerprint density at radius 1 is 0.903 bits per heavy atom. The predicted octanol–water partition coefficient (Wildman–Crippen LogP) is 2.44. The van der Waals surface area contributed by atoms with E-state index in [0.29, 0.717) is 32.1 Å². The van der Waals surface area contributed by atoms with E-state index in [2.05, 4.69) is 22.8 Å². The van der Waals surface area contributed by atoms with Crippen LogP contribution in [-0.4, -0.2) is 51.3 Å². The van der Waals surface area contributed by atoms with Gasteiger partial charge in [0.1, 0.15) is 11.5 Å². The first-order chi connectivity index (χ1) is 15.1. The maximum Gasteiger partial charge on any atom is 0.258 e. The molecule has 0 atom stereocenters. The number of rotatable bonds is 10. The van der Waals surface area contributed by atoms with Crippen molar-refractivity contribution < 1.29 is 23.8 Å². The van der Waals surface area contributed by atoms with Gasteiger partial charge in [-0.15, -0.1) is 0 Å². The van der Waals surface area contributed by atoms with Crippen molar-refractivity contribution in [2.24, 2.45) is 0 Å². The quantitative estimate of drug-likeness (QED) is 0.610. The molecule has 0 radical (unpaired) electrons. The first kappa shape index (κ1) is 22.6. The predicted molar refractivity (Wildman–Crippen MR) is 117 cm³/mol. The molecule has 0 saturated carbocycles. The van der Waals surface area contributed by atoms with Gasteiger partial charge in [0, 0.05) is 25.2 Å². The van der Waals surface area contributed by atoms with Crippen LogP contribution in [0.3, 0.4) is 0 Å². The average Bonchev–Trinajstić information content (AvgIpc) is 2.82. The summed E-state index contributed by atoms with van der Waals surface area (Å²) in [7, 11) is 0. The highest BCUT2D eigenvalue weighted by molar-refractivity contribution is 5.85. The second kappa shape index (κ2) is 11.4. The normalized spacial score (nSPS) is 15.0. The Morgan fingerprint density at radius 2 is 1.58 bits per heavy atom. The number of hydrogen-bond acceptors (Lipinski definition) is 5. The van der Waals surface area contributed by atoms with Gasteiger partial charge in [0.25, 0.3) is 5.91 Å². The fourth-order valence-electron chi connectivity index (χ4n) is 3.63. The lowest BCUT2D eigenvalue weighted by atomic mass is 9.74. The summed E-state index contributed by atoms with van der Waals surface area (Å²) in [5.74, 6) is 0.869. The van der Waals surface area contributed by atoms with E-state index in [1.165, 1.54) is 0 Å². The Balaban J connectivity index is 1.49. The summed E-state index contributed by atoms with van der Waals surface area (Å²) < 4.78 is 16.5. The minimum Gasteiger partial charge on any atom is -0.494 e. The number of nitrogens with one attached hydrogen (secondary N) is 2. The van der Waals surface area contributed by atoms with Gasteiger partial charge >= 0.3 is 0 Å². The molecule has 31 heavy (non-hydrogen) atoms. The lowest BCUT2D eigenvalue weighted by molar-refractivity contribution is -0.127. The zero-order valence-electron chi connectivity index (χ0n) is 17.9. The fourth-order valence-corrected chi connectivity index (χ4v) is 3.63. The number of amides is 2. The summed E-state index contributed by atoms with van der Waals surface area (Å²) in [4.78, 5) is 24.3. The first-order valence-corrected chi connectivity index (χ1v) is 10.6. The van der Waals surface area contributed by atoms with Gasteiger partial charge in [0.15, 0.2) is 6.61 Å². The molecule has 1 saturated heterocycles. The molecule has 7 nitrogen and oxygen atoms in total. The third-order valence-electron chi connectivity index (χ3n) is 5.41. The molecule has 0 spiro atoms. The Bertz CT molecular complexity index is 833. The van der Waals surface area contributed by atoms with Gasteiger partial charge < -0.3 is 24.8 Å². The van der Waals surface area contributed by atoms with E-state index in [4.69, 9.17) is 14.2 Å². The smallest absolute Gasteiger partial charge is 0.258 e. The summed E-state index contributed by atoms with van der Waals surface area (Å²) >= 11 is 0. The van der Waals surface area contributed by atoms with Gasteiger partial charge in [-0.2, -0.15) is 0 Å². The highest BCUT2D eigenvalue weighted by atomic mass is 16.5. The zero-order chi connectivity index (χ0) is 21.9. The van der Waals surface area contributed by atoms with Crippen LogP contribution in [0.5, 0.6) is 11.5 Å². The van der Waals surface area contributed by atoms with Crippen molar-refractivity contribution in [3.8, 4) is 11.5 Å². The molecule has 0 bridgehead atoms. The lowest BCUT2D eigenvalue weighted by Crippen LogP contribution is -2.47. The molecule has 3 rings (SSSR count). The van der Waals surface area contributed by atoms with Crippen molar-refractivity contribution in [3.05, 3.63) is 60.2 Å². The van der Waals surface area contributed by atoms with E-state index in [1.54, 1.807) is 12.1 Å². The lowest BCUT2D eigenvalue weighted by Gasteiger charge is -2.38. The van der Waals surface area contributed by atoms with Gasteiger partial charge in [-0.25, -0.2) is 0 Å². The van der Waals surface area contributed by atoms with E-state index in [1.807, 2.05) is 37.3 Å². The number of para-hydroxylation sites is 1. The molecule has 2 aromatic rings. The second-order valence-corrected chi connectivity index (χ2v) is 7.51. The van der Waals surface area contributed by atoms with Crippen molar-refractivity contribution in [2.75, 3.05) is 39.5 Å². The molecule has 2 N–H and O–H groups in total. The molecule has 166 valence electrons. The highest BCUT2D eigenvalue weighted by Crippen LogP contribution is 2.35. The van der Waals surface area contributed by atoms with Crippen LogP contribution in [0.2, 0.25) is 0 Å². The molecule has 2 amide bonds. The summed E-state index contributed by atoms with van der Waals surface area (Å²) in [6.07, 6.45) is 1.64. The van der Waals surface area contributed by atoms with Crippen LogP contribution in [0.4, 0.5) is 0 Å². The van der Waals surface area contributed by atoms with Gasteiger partial charge in [-0.3, -0.25) is 9.59 Å². The van der Waals surface area contributed by atoms with Crippen molar-refractivity contribution in [2.45, 2.75) is 25.2 Å². The molecule has 2 aromatic carbocycles. The number of carbonyl (C=O) groups is 2. The summed E-state index contributed by atoms with van der Waals surface area (Å²) in [6.45, 7) is 4.14. The maximum atomic E-state index is 12.4. The highest BCUT2D eigenvalue weighted by Gasteiger charge is 2.34. The molecule has 7 heteroatoms. The first-order valence-electron chi connectivity index (χ1n) is 10.6. The van der Waals surface area contributed by atoms with Gasteiger partial charge in [-0.1, -0.05) is 30.3 Å². The Morgan fingerprint density at radius 3 is 2.26 bits per heavy atom. The number of benzene rings is 2. The molecule has 1 aliphatic rings. The zero-order valence-corrected chi connectivity index (χ0v) is 17.9. The van der Waals surface area contributed by atoms with E-state index < -0.39 is 0 Å². The van der Waals surface area contributed by atoms with Crippen LogP contribution in [0.15, 0.2) is 54.6 Å². The number of ether oxygens (including phenoxy) is 3. The molecule has 0 unspecified atom stereocenters. The SMILES string of the molecule is CCOc1ccc(C2(CNC(=O)CNC(=O)COc3ccccc3)CCOCC2)cc1. The molecular formula is C24H30N2O5. The van der Waals surface area contributed by atoms with Gasteiger partial charge in [0.05, 0.1) is 13.2 Å². The molecule has 1 aliphatic heterocycles. The molecule has 0 aromatic heterocycles. The molecule has 1 fully saturated rings. The third-order valence-corrected chi connectivity index (χ3v) is 5.41. The molecule has 1 heterocycles. The average molecular weight is 427 g/mol. The van der Waals surface area contributed by atoms with E-state index in [9.17, 15) is 9.59 Å². The third kappa shape index (κ3) is 6.72. The number of carbonyl (C=O) groups excluding carboxylic acids is 2. The Kier molecular flexibility index (Phi) is 8.29. The monoisotopic (exact) mass is 426 g/mol. The topological polar surface area (TPSA) is 85.9 Å². The van der Waals surface area contributed by atoms with Crippen molar-refractivity contribution in [1.29, 1.82) is 0 Å². The van der Waals surface area contributed by atoms with Crippen molar-refractivity contribution in [3.63, 3.8) is 0 Å². The van der Waals surface area contributed by atoms with E-state index in [-0.39, 0.29) is 30.4 Å². The standard InChI is InChI=1S/C24H30N2O5/c1-2-30-21-10-8-19(9-11-21)24(12-14-29-15-13-24)18-26-22(27)16-25-23(28)17-31-20-6-4-3-5-7-20/h3-11H,2,12-18H2,1H3,(H,25,28)(H,26,27). The van der Waals surface area contributed by atoms with E-state index >= 15 is 0 Å². The minimum absolute atomic E-state index is 0.0904. The minimum atomic E-state index is -0.341.